The molecule has 6 nitrogen and oxygen atoms in total. The number of amides is 1. The molecule has 0 spiro atoms. The smallest absolute Gasteiger partial charge is 0.244 e. The van der Waals surface area contributed by atoms with E-state index in [-0.39, 0.29) is 29.9 Å². The van der Waals surface area contributed by atoms with Crippen LogP contribution in [0.3, 0.4) is 0 Å². The Morgan fingerprint density at radius 3 is 2.79 bits per heavy atom. The Balaban J connectivity index is 1.60. The lowest BCUT2D eigenvalue weighted by Gasteiger charge is -2.13. The van der Waals surface area contributed by atoms with Crippen LogP contribution in [0.1, 0.15) is 17.8 Å². The predicted molar refractivity (Wildman–Crippen MR) is 115 cm³/mol. The molecule has 1 atom stereocenters. The van der Waals surface area contributed by atoms with Gasteiger partial charge in [-0.2, -0.15) is 0 Å². The fraction of sp³-hybridized carbons (Fsp3) is 0.333. The highest BCUT2D eigenvalue weighted by molar-refractivity contribution is 7.91. The molecule has 1 fully saturated rings. The van der Waals surface area contributed by atoms with Crippen LogP contribution in [0.15, 0.2) is 42.5 Å². The average molecular weight is 432 g/mol. The standard InChI is InChI=1S/C21H22ClN3O3S/c1-14-16(22)5-4-7-17(14)24-21(26)12-25-19-8-3-2-6-18(19)23-20(25)11-15-9-10-29(27,28)13-15/h2-8,15H,9-13H2,1H3,(H,24,26). The normalized spacial score (nSPS) is 18.2. The van der Waals surface area contributed by atoms with Crippen molar-refractivity contribution in [2.45, 2.75) is 26.3 Å². The van der Waals surface area contributed by atoms with E-state index in [0.29, 0.717) is 23.6 Å². The van der Waals surface area contributed by atoms with Gasteiger partial charge in [0.1, 0.15) is 12.4 Å². The number of hydrogen-bond acceptors (Lipinski definition) is 4. The lowest BCUT2D eigenvalue weighted by molar-refractivity contribution is -0.116. The van der Waals surface area contributed by atoms with Crippen molar-refractivity contribution >= 4 is 44.1 Å². The van der Waals surface area contributed by atoms with Crippen molar-refractivity contribution in [1.82, 2.24) is 9.55 Å². The molecule has 1 aromatic heterocycles. The zero-order valence-corrected chi connectivity index (χ0v) is 17.6. The molecule has 2 heterocycles. The average Bonchev–Trinajstić information content (AvgIpc) is 3.19. The first kappa shape index (κ1) is 19.9. The monoisotopic (exact) mass is 431 g/mol. The highest BCUT2D eigenvalue weighted by Gasteiger charge is 2.29. The third-order valence-electron chi connectivity index (χ3n) is 5.38. The van der Waals surface area contributed by atoms with Crippen molar-refractivity contribution in [3.63, 3.8) is 0 Å². The summed E-state index contributed by atoms with van der Waals surface area (Å²) in [5, 5.41) is 3.52. The van der Waals surface area contributed by atoms with Crippen LogP contribution in [0, 0.1) is 12.8 Å². The van der Waals surface area contributed by atoms with Gasteiger partial charge < -0.3 is 9.88 Å². The molecule has 1 N–H and O–H groups in total. The zero-order valence-electron chi connectivity index (χ0n) is 16.1. The van der Waals surface area contributed by atoms with Gasteiger partial charge in [0.15, 0.2) is 9.84 Å². The van der Waals surface area contributed by atoms with E-state index >= 15 is 0 Å². The molecule has 1 amide bonds. The Morgan fingerprint density at radius 2 is 2.03 bits per heavy atom. The summed E-state index contributed by atoms with van der Waals surface area (Å²) in [6.45, 7) is 1.96. The summed E-state index contributed by atoms with van der Waals surface area (Å²) in [7, 11) is -2.96. The van der Waals surface area contributed by atoms with Crippen LogP contribution in [-0.4, -0.2) is 35.4 Å². The highest BCUT2D eigenvalue weighted by Crippen LogP contribution is 2.26. The Kier molecular flexibility index (Phi) is 5.36. The molecule has 4 rings (SSSR count). The molecule has 0 aliphatic carbocycles. The van der Waals surface area contributed by atoms with Crippen molar-refractivity contribution in [2.75, 3.05) is 16.8 Å². The van der Waals surface area contributed by atoms with Crippen LogP contribution in [0.4, 0.5) is 5.69 Å². The number of nitrogens with zero attached hydrogens (tertiary/aromatic N) is 2. The fourth-order valence-corrected chi connectivity index (χ4v) is 5.86. The molecule has 0 bridgehead atoms. The van der Waals surface area contributed by atoms with Crippen molar-refractivity contribution in [3.8, 4) is 0 Å². The number of carbonyl (C=O) groups is 1. The van der Waals surface area contributed by atoms with Gasteiger partial charge >= 0.3 is 0 Å². The van der Waals surface area contributed by atoms with Gasteiger partial charge in [0, 0.05) is 17.1 Å². The number of rotatable bonds is 5. The minimum atomic E-state index is -2.96. The van der Waals surface area contributed by atoms with E-state index in [1.165, 1.54) is 0 Å². The molecule has 1 aliphatic rings. The fourth-order valence-electron chi connectivity index (χ4n) is 3.83. The molecule has 29 heavy (non-hydrogen) atoms. The highest BCUT2D eigenvalue weighted by atomic mass is 35.5. The minimum absolute atomic E-state index is 0.0359. The third kappa shape index (κ3) is 4.31. The summed E-state index contributed by atoms with van der Waals surface area (Å²) >= 11 is 6.15. The van der Waals surface area contributed by atoms with E-state index in [4.69, 9.17) is 11.6 Å². The SMILES string of the molecule is Cc1c(Cl)cccc1NC(=O)Cn1c(CC2CCS(=O)(=O)C2)nc2ccccc21. The number of sulfone groups is 1. The van der Waals surface area contributed by atoms with Crippen LogP contribution in [0.5, 0.6) is 0 Å². The van der Waals surface area contributed by atoms with Crippen LogP contribution >= 0.6 is 11.6 Å². The maximum Gasteiger partial charge on any atom is 0.244 e. The van der Waals surface area contributed by atoms with Crippen molar-refractivity contribution in [3.05, 3.63) is 58.9 Å². The number of benzene rings is 2. The summed E-state index contributed by atoms with van der Waals surface area (Å²) in [6.07, 6.45) is 1.18. The summed E-state index contributed by atoms with van der Waals surface area (Å²) in [6, 6.07) is 13.0. The molecule has 0 radical (unpaired) electrons. The van der Waals surface area contributed by atoms with Gasteiger partial charge in [-0.15, -0.1) is 0 Å². The molecule has 1 aliphatic heterocycles. The van der Waals surface area contributed by atoms with Crippen LogP contribution in [0.25, 0.3) is 11.0 Å². The van der Waals surface area contributed by atoms with Gasteiger partial charge in [-0.25, -0.2) is 13.4 Å². The number of hydrogen-bond donors (Lipinski definition) is 1. The number of aromatic nitrogens is 2. The second kappa shape index (κ2) is 7.80. The number of anilines is 1. The first-order valence-electron chi connectivity index (χ1n) is 9.52. The first-order valence-corrected chi connectivity index (χ1v) is 11.7. The molecule has 3 aromatic rings. The molecule has 8 heteroatoms. The number of imidazole rings is 1. The number of carbonyl (C=O) groups excluding carboxylic acids is 1. The molecule has 1 saturated heterocycles. The van der Waals surface area contributed by atoms with Crippen molar-refractivity contribution < 1.29 is 13.2 Å². The second-order valence-corrected chi connectivity index (χ2v) is 10.2. The molecule has 2 aromatic carbocycles. The number of para-hydroxylation sites is 2. The van der Waals surface area contributed by atoms with E-state index in [9.17, 15) is 13.2 Å². The minimum Gasteiger partial charge on any atom is -0.324 e. The van der Waals surface area contributed by atoms with Gasteiger partial charge in [0.05, 0.1) is 22.5 Å². The molecule has 1 unspecified atom stereocenters. The number of nitrogens with one attached hydrogen (secondary N) is 1. The Labute approximate surface area is 174 Å². The van der Waals surface area contributed by atoms with Crippen molar-refractivity contribution in [1.29, 1.82) is 0 Å². The van der Waals surface area contributed by atoms with Gasteiger partial charge in [-0.05, 0) is 49.1 Å². The van der Waals surface area contributed by atoms with Crippen LogP contribution < -0.4 is 5.32 Å². The maximum atomic E-state index is 12.8. The quantitative estimate of drug-likeness (QED) is 0.669. The first-order chi connectivity index (χ1) is 13.8. The second-order valence-electron chi connectivity index (χ2n) is 7.54. The van der Waals surface area contributed by atoms with E-state index in [0.717, 1.165) is 22.4 Å². The van der Waals surface area contributed by atoms with Gasteiger partial charge in [-0.1, -0.05) is 29.8 Å². The lowest BCUT2D eigenvalue weighted by Crippen LogP contribution is -2.21. The molecular formula is C21H22ClN3O3S. The summed E-state index contributed by atoms with van der Waals surface area (Å²) < 4.78 is 25.5. The number of fused-ring (bicyclic) bond motifs is 1. The Hall–Kier alpha value is -2.38. The summed E-state index contributed by atoms with van der Waals surface area (Å²) in [5.41, 5.74) is 3.15. The maximum absolute atomic E-state index is 12.8. The van der Waals surface area contributed by atoms with Gasteiger partial charge in [-0.3, -0.25) is 4.79 Å². The number of halogens is 1. The Morgan fingerprint density at radius 1 is 1.24 bits per heavy atom. The predicted octanol–water partition coefficient (Wildman–Crippen LogP) is 3.61. The summed E-state index contributed by atoms with van der Waals surface area (Å²) in [5.74, 6) is 1.01. The molecule has 152 valence electrons. The van der Waals surface area contributed by atoms with Crippen LogP contribution in [-0.2, 0) is 27.6 Å². The van der Waals surface area contributed by atoms with E-state index in [1.54, 1.807) is 12.1 Å². The van der Waals surface area contributed by atoms with Crippen molar-refractivity contribution in [2.24, 2.45) is 5.92 Å². The van der Waals surface area contributed by atoms with Gasteiger partial charge in [0.25, 0.3) is 0 Å². The van der Waals surface area contributed by atoms with Crippen LogP contribution in [0.2, 0.25) is 5.02 Å². The van der Waals surface area contributed by atoms with Gasteiger partial charge in [0.2, 0.25) is 5.91 Å². The largest absolute Gasteiger partial charge is 0.324 e. The lowest BCUT2D eigenvalue weighted by atomic mass is 10.1. The van der Waals surface area contributed by atoms with E-state index in [1.807, 2.05) is 41.8 Å². The topological polar surface area (TPSA) is 81.1 Å². The van der Waals surface area contributed by atoms with E-state index < -0.39 is 9.84 Å². The third-order valence-corrected chi connectivity index (χ3v) is 7.62. The molecular weight excluding hydrogens is 410 g/mol. The zero-order chi connectivity index (χ0) is 20.6. The van der Waals surface area contributed by atoms with E-state index in [2.05, 4.69) is 10.3 Å². The molecule has 0 saturated carbocycles. The summed E-state index contributed by atoms with van der Waals surface area (Å²) in [4.78, 5) is 17.5. The Bertz CT molecular complexity index is 1190.